The van der Waals surface area contributed by atoms with E-state index in [-0.39, 0.29) is 0 Å². The number of hydrogen-bond donors (Lipinski definition) is 1. The Labute approximate surface area is 127 Å². The van der Waals surface area contributed by atoms with Crippen LogP contribution in [0.3, 0.4) is 0 Å². The van der Waals surface area contributed by atoms with Gasteiger partial charge in [-0.05, 0) is 23.8 Å². The third-order valence-electron chi connectivity index (χ3n) is 2.63. The Balaban J connectivity index is 2.02. The maximum Gasteiger partial charge on any atom is 0.159 e. The van der Waals surface area contributed by atoms with Gasteiger partial charge in [0.1, 0.15) is 5.75 Å². The third-order valence-corrected chi connectivity index (χ3v) is 3.84. The number of thioether (sulfide) groups is 1. The number of amidine groups is 1. The molecule has 0 fully saturated rings. The van der Waals surface area contributed by atoms with Crippen molar-refractivity contribution >= 4 is 34.2 Å². The summed E-state index contributed by atoms with van der Waals surface area (Å²) in [5.41, 5.74) is 7.74. The maximum atomic E-state index is 6.10. The lowest BCUT2D eigenvalue weighted by molar-refractivity contribution is 0.415. The number of hydrogen-bond acceptors (Lipinski definition) is 3. The molecule has 0 heterocycles. The highest BCUT2D eigenvalue weighted by molar-refractivity contribution is 8.13. The average molecular weight is 307 g/mol. The van der Waals surface area contributed by atoms with E-state index < -0.39 is 0 Å². The Morgan fingerprint density at radius 3 is 2.80 bits per heavy atom. The van der Waals surface area contributed by atoms with Gasteiger partial charge in [-0.15, -0.1) is 0 Å². The molecule has 104 valence electrons. The van der Waals surface area contributed by atoms with Gasteiger partial charge in [-0.3, -0.25) is 0 Å². The number of nitrogens with two attached hydrogens (primary N) is 1. The van der Waals surface area contributed by atoms with E-state index in [1.165, 1.54) is 11.8 Å². The highest BCUT2D eigenvalue weighted by atomic mass is 35.5. The lowest BCUT2D eigenvalue weighted by atomic mass is 10.2. The van der Waals surface area contributed by atoms with Crippen molar-refractivity contribution in [2.24, 2.45) is 10.7 Å². The fourth-order valence-electron chi connectivity index (χ4n) is 1.61. The highest BCUT2D eigenvalue weighted by Gasteiger charge is 2.02. The first-order valence-corrected chi connectivity index (χ1v) is 7.40. The zero-order valence-corrected chi connectivity index (χ0v) is 12.6. The number of methoxy groups -OCH3 is 1. The van der Waals surface area contributed by atoms with Crippen molar-refractivity contribution in [3.63, 3.8) is 0 Å². The van der Waals surface area contributed by atoms with Crippen LogP contribution in [0.1, 0.15) is 5.56 Å². The molecule has 5 heteroatoms. The molecule has 0 aromatic heterocycles. The van der Waals surface area contributed by atoms with E-state index in [9.17, 15) is 0 Å². The molecule has 0 spiro atoms. The summed E-state index contributed by atoms with van der Waals surface area (Å²) in [5, 5.41) is 1.24. The quantitative estimate of drug-likeness (QED) is 0.679. The van der Waals surface area contributed by atoms with Crippen LogP contribution in [0, 0.1) is 0 Å². The number of nitrogens with zero attached hydrogens (tertiary/aromatic N) is 1. The van der Waals surface area contributed by atoms with Gasteiger partial charge in [-0.25, -0.2) is 4.99 Å². The molecule has 0 bridgehead atoms. The van der Waals surface area contributed by atoms with Crippen LogP contribution in [0.5, 0.6) is 5.75 Å². The van der Waals surface area contributed by atoms with Gasteiger partial charge in [0.05, 0.1) is 12.8 Å². The first kappa shape index (κ1) is 14.8. The summed E-state index contributed by atoms with van der Waals surface area (Å²) < 4.78 is 5.15. The van der Waals surface area contributed by atoms with Crippen molar-refractivity contribution in [3.05, 3.63) is 59.1 Å². The van der Waals surface area contributed by atoms with Gasteiger partial charge in [-0.2, -0.15) is 0 Å². The highest BCUT2D eigenvalue weighted by Crippen LogP contribution is 2.23. The van der Waals surface area contributed by atoms with Crippen LogP contribution in [0.15, 0.2) is 53.5 Å². The predicted octanol–water partition coefficient (Wildman–Crippen LogP) is 4.23. The monoisotopic (exact) mass is 306 g/mol. The summed E-state index contributed by atoms with van der Waals surface area (Å²) in [6.07, 6.45) is 0. The first-order valence-electron chi connectivity index (χ1n) is 6.03. The lowest BCUT2D eigenvalue weighted by Gasteiger charge is -2.04. The SMILES string of the molecule is COc1cccc(N=C(N)SCc2ccccc2Cl)c1. The van der Waals surface area contributed by atoms with E-state index in [4.69, 9.17) is 22.1 Å². The molecular formula is C15H15ClN2OS. The molecule has 0 amide bonds. The van der Waals surface area contributed by atoms with Crippen LogP contribution in [0.2, 0.25) is 5.02 Å². The van der Waals surface area contributed by atoms with Crippen molar-refractivity contribution in [2.75, 3.05) is 7.11 Å². The molecule has 3 nitrogen and oxygen atoms in total. The molecule has 0 aliphatic heterocycles. The second kappa shape index (κ2) is 7.22. The van der Waals surface area contributed by atoms with Crippen LogP contribution < -0.4 is 10.5 Å². The molecular weight excluding hydrogens is 292 g/mol. The molecule has 0 aliphatic rings. The lowest BCUT2D eigenvalue weighted by Crippen LogP contribution is -2.06. The minimum absolute atomic E-state index is 0.498. The summed E-state index contributed by atoms with van der Waals surface area (Å²) in [5.74, 6) is 1.45. The maximum absolute atomic E-state index is 6.10. The van der Waals surface area contributed by atoms with E-state index in [0.29, 0.717) is 10.9 Å². The van der Waals surface area contributed by atoms with Gasteiger partial charge < -0.3 is 10.5 Å². The normalized spacial score (nSPS) is 11.4. The molecule has 2 aromatic rings. The van der Waals surface area contributed by atoms with Crippen LogP contribution in [0.25, 0.3) is 0 Å². The van der Waals surface area contributed by atoms with E-state index in [1.807, 2.05) is 48.5 Å². The molecule has 0 unspecified atom stereocenters. The van der Waals surface area contributed by atoms with E-state index in [0.717, 1.165) is 22.0 Å². The van der Waals surface area contributed by atoms with E-state index in [2.05, 4.69) is 4.99 Å². The summed E-state index contributed by atoms with van der Waals surface area (Å²) in [6.45, 7) is 0. The van der Waals surface area contributed by atoms with Crippen LogP contribution >= 0.6 is 23.4 Å². The molecule has 2 aromatic carbocycles. The van der Waals surface area contributed by atoms with E-state index >= 15 is 0 Å². The summed E-state index contributed by atoms with van der Waals surface area (Å²) >= 11 is 7.55. The topological polar surface area (TPSA) is 47.6 Å². The Morgan fingerprint density at radius 2 is 2.05 bits per heavy atom. The summed E-state index contributed by atoms with van der Waals surface area (Å²) in [4.78, 5) is 4.35. The van der Waals surface area contributed by atoms with E-state index in [1.54, 1.807) is 7.11 Å². The third kappa shape index (κ3) is 4.18. The molecule has 2 rings (SSSR count). The van der Waals surface area contributed by atoms with Crippen molar-refractivity contribution < 1.29 is 4.74 Å². The van der Waals surface area contributed by atoms with Gasteiger partial charge in [0, 0.05) is 16.8 Å². The number of aliphatic imine (C=N–C) groups is 1. The number of rotatable bonds is 4. The predicted molar refractivity (Wildman–Crippen MR) is 87.0 cm³/mol. The molecule has 0 atom stereocenters. The standard InChI is InChI=1S/C15H15ClN2OS/c1-19-13-7-4-6-12(9-13)18-15(17)20-10-11-5-2-3-8-14(11)16/h2-9H,10H2,1H3,(H2,17,18). The summed E-state index contributed by atoms with van der Waals surface area (Å²) in [7, 11) is 1.62. The Kier molecular flexibility index (Phi) is 5.32. The molecule has 2 N–H and O–H groups in total. The zero-order chi connectivity index (χ0) is 14.4. The van der Waals surface area contributed by atoms with Crippen molar-refractivity contribution in [1.29, 1.82) is 0 Å². The molecule has 0 saturated carbocycles. The number of benzene rings is 2. The van der Waals surface area contributed by atoms with Gasteiger partial charge >= 0.3 is 0 Å². The Hall–Kier alpha value is -1.65. The van der Waals surface area contributed by atoms with Gasteiger partial charge in [0.25, 0.3) is 0 Å². The molecule has 20 heavy (non-hydrogen) atoms. The second-order valence-corrected chi connectivity index (χ2v) is 5.43. The zero-order valence-electron chi connectivity index (χ0n) is 11.0. The first-order chi connectivity index (χ1) is 9.69. The van der Waals surface area contributed by atoms with Crippen LogP contribution in [-0.4, -0.2) is 12.3 Å². The number of halogens is 1. The molecule has 0 aliphatic carbocycles. The van der Waals surface area contributed by atoms with Crippen LogP contribution in [-0.2, 0) is 5.75 Å². The van der Waals surface area contributed by atoms with Crippen molar-refractivity contribution in [3.8, 4) is 5.75 Å². The van der Waals surface area contributed by atoms with Gasteiger partial charge in [0.15, 0.2) is 5.17 Å². The van der Waals surface area contributed by atoms with Crippen molar-refractivity contribution in [1.82, 2.24) is 0 Å². The second-order valence-electron chi connectivity index (χ2n) is 4.03. The fourth-order valence-corrected chi connectivity index (χ4v) is 2.61. The minimum atomic E-state index is 0.498. The smallest absolute Gasteiger partial charge is 0.159 e. The average Bonchev–Trinajstić information content (AvgIpc) is 2.46. The van der Waals surface area contributed by atoms with Crippen LogP contribution in [0.4, 0.5) is 5.69 Å². The van der Waals surface area contributed by atoms with Gasteiger partial charge in [0.2, 0.25) is 0 Å². The molecule has 0 radical (unpaired) electrons. The summed E-state index contributed by atoms with van der Waals surface area (Å²) in [6, 6.07) is 15.2. The largest absolute Gasteiger partial charge is 0.497 e. The minimum Gasteiger partial charge on any atom is -0.497 e. The Morgan fingerprint density at radius 1 is 1.25 bits per heavy atom. The fraction of sp³-hybridized carbons (Fsp3) is 0.133. The van der Waals surface area contributed by atoms with Gasteiger partial charge in [-0.1, -0.05) is 47.6 Å². The Bertz CT molecular complexity index is 616. The molecule has 0 saturated heterocycles. The van der Waals surface area contributed by atoms with Crippen molar-refractivity contribution in [2.45, 2.75) is 5.75 Å². The number of ether oxygens (including phenoxy) is 1.